The van der Waals surface area contributed by atoms with E-state index in [-0.39, 0.29) is 18.6 Å². The number of nitrogens with one attached hydrogen (secondary N) is 1. The molecule has 3 atom stereocenters. The molecule has 0 radical (unpaired) electrons. The van der Waals surface area contributed by atoms with Gasteiger partial charge < -0.3 is 10.1 Å². The molecule has 1 N–H and O–H groups in total. The Labute approximate surface area is 132 Å². The Bertz CT molecular complexity index is 541. The second-order valence-corrected chi connectivity index (χ2v) is 6.39. The third-order valence-corrected chi connectivity index (χ3v) is 4.64. The number of amides is 1. The van der Waals surface area contributed by atoms with Crippen molar-refractivity contribution in [3.63, 3.8) is 0 Å². The minimum atomic E-state index is -0.455. The van der Waals surface area contributed by atoms with E-state index in [0.29, 0.717) is 17.4 Å². The van der Waals surface area contributed by atoms with Gasteiger partial charge in [-0.3, -0.25) is 4.79 Å². The SMILES string of the molecule is Cc1cccc(C(=O)OCC(=O)N[C@@H]2CCC[C@H](C)[C@@H]2C)c1. The first-order valence-electron chi connectivity index (χ1n) is 8.00. The number of rotatable bonds is 4. The van der Waals surface area contributed by atoms with Crippen LogP contribution in [0.4, 0.5) is 0 Å². The van der Waals surface area contributed by atoms with Gasteiger partial charge in [0.05, 0.1) is 5.56 Å². The van der Waals surface area contributed by atoms with E-state index in [1.807, 2.05) is 13.0 Å². The third-order valence-electron chi connectivity index (χ3n) is 4.64. The number of hydrogen-bond acceptors (Lipinski definition) is 3. The fourth-order valence-electron chi connectivity index (χ4n) is 3.02. The van der Waals surface area contributed by atoms with Gasteiger partial charge in [-0.25, -0.2) is 4.79 Å². The molecule has 0 saturated heterocycles. The van der Waals surface area contributed by atoms with Gasteiger partial charge in [-0.1, -0.05) is 44.4 Å². The molecule has 0 aliphatic heterocycles. The number of esters is 1. The molecule has 0 spiro atoms. The number of benzene rings is 1. The first-order chi connectivity index (χ1) is 10.5. The summed E-state index contributed by atoms with van der Waals surface area (Å²) in [4.78, 5) is 23.9. The number of hydrogen-bond donors (Lipinski definition) is 1. The van der Waals surface area contributed by atoms with Gasteiger partial charge >= 0.3 is 5.97 Å². The molecule has 1 aliphatic carbocycles. The predicted octanol–water partition coefficient (Wildman–Crippen LogP) is 3.09. The maximum atomic E-state index is 12.0. The summed E-state index contributed by atoms with van der Waals surface area (Å²) < 4.78 is 5.10. The summed E-state index contributed by atoms with van der Waals surface area (Å²) in [6, 6.07) is 7.35. The molecule has 0 heterocycles. The zero-order chi connectivity index (χ0) is 16.1. The van der Waals surface area contributed by atoms with Crippen LogP contribution in [0.15, 0.2) is 24.3 Å². The molecular formula is C18H25NO3. The Kier molecular flexibility index (Phi) is 5.58. The van der Waals surface area contributed by atoms with Gasteiger partial charge in [-0.05, 0) is 37.3 Å². The van der Waals surface area contributed by atoms with Crippen molar-refractivity contribution in [2.24, 2.45) is 11.8 Å². The number of aryl methyl sites for hydroxylation is 1. The average molecular weight is 303 g/mol. The molecule has 22 heavy (non-hydrogen) atoms. The van der Waals surface area contributed by atoms with E-state index in [1.165, 1.54) is 6.42 Å². The van der Waals surface area contributed by atoms with Crippen LogP contribution in [0.1, 0.15) is 49.0 Å². The molecule has 0 bridgehead atoms. The van der Waals surface area contributed by atoms with E-state index in [4.69, 9.17) is 4.74 Å². The molecule has 0 aromatic heterocycles. The molecule has 1 aliphatic rings. The molecule has 0 unspecified atom stereocenters. The molecule has 4 nitrogen and oxygen atoms in total. The van der Waals surface area contributed by atoms with E-state index in [2.05, 4.69) is 19.2 Å². The van der Waals surface area contributed by atoms with Gasteiger partial charge in [-0.2, -0.15) is 0 Å². The van der Waals surface area contributed by atoms with Crippen molar-refractivity contribution >= 4 is 11.9 Å². The lowest BCUT2D eigenvalue weighted by atomic mass is 9.78. The van der Waals surface area contributed by atoms with Crippen molar-refractivity contribution in [2.75, 3.05) is 6.61 Å². The van der Waals surface area contributed by atoms with Gasteiger partial charge in [-0.15, -0.1) is 0 Å². The van der Waals surface area contributed by atoms with E-state index in [9.17, 15) is 9.59 Å². The number of ether oxygens (including phenoxy) is 1. The highest BCUT2D eigenvalue weighted by Crippen LogP contribution is 2.29. The van der Waals surface area contributed by atoms with Gasteiger partial charge in [0, 0.05) is 6.04 Å². The van der Waals surface area contributed by atoms with Crippen LogP contribution in [-0.2, 0) is 9.53 Å². The molecule has 4 heteroatoms. The number of carbonyl (C=O) groups excluding carboxylic acids is 2. The van der Waals surface area contributed by atoms with Crippen LogP contribution in [0.5, 0.6) is 0 Å². The Morgan fingerprint density at radius 1 is 1.27 bits per heavy atom. The van der Waals surface area contributed by atoms with Crippen molar-refractivity contribution in [2.45, 2.75) is 46.1 Å². The second-order valence-electron chi connectivity index (χ2n) is 6.39. The smallest absolute Gasteiger partial charge is 0.338 e. The Hall–Kier alpha value is -1.84. The predicted molar refractivity (Wildman–Crippen MR) is 85.6 cm³/mol. The zero-order valence-corrected chi connectivity index (χ0v) is 13.6. The molecule has 1 saturated carbocycles. The standard InChI is InChI=1S/C18H25NO3/c1-12-6-4-8-15(10-12)18(21)22-11-17(20)19-16-9-5-7-13(2)14(16)3/h4,6,8,10,13-14,16H,5,7,9,11H2,1-3H3,(H,19,20)/t13-,14-,16+/m0/s1. The summed E-state index contributed by atoms with van der Waals surface area (Å²) in [6.45, 7) is 6.09. The van der Waals surface area contributed by atoms with Crippen molar-refractivity contribution in [3.05, 3.63) is 35.4 Å². The Morgan fingerprint density at radius 3 is 2.77 bits per heavy atom. The molecule has 1 amide bonds. The maximum absolute atomic E-state index is 12.0. The molecule has 2 rings (SSSR count). The van der Waals surface area contributed by atoms with Crippen molar-refractivity contribution in [1.82, 2.24) is 5.32 Å². The molecule has 1 aromatic rings. The summed E-state index contributed by atoms with van der Waals surface area (Å²) in [7, 11) is 0. The van der Waals surface area contributed by atoms with Crippen LogP contribution >= 0.6 is 0 Å². The van der Waals surface area contributed by atoms with Crippen molar-refractivity contribution in [3.8, 4) is 0 Å². The first-order valence-corrected chi connectivity index (χ1v) is 8.00. The monoisotopic (exact) mass is 303 g/mol. The number of carbonyl (C=O) groups is 2. The fraction of sp³-hybridized carbons (Fsp3) is 0.556. The summed E-state index contributed by atoms with van der Waals surface area (Å²) >= 11 is 0. The Morgan fingerprint density at radius 2 is 2.05 bits per heavy atom. The van der Waals surface area contributed by atoms with Gasteiger partial charge in [0.1, 0.15) is 0 Å². The van der Waals surface area contributed by atoms with Gasteiger partial charge in [0.2, 0.25) is 0 Å². The van der Waals surface area contributed by atoms with Crippen molar-refractivity contribution < 1.29 is 14.3 Å². The maximum Gasteiger partial charge on any atom is 0.338 e. The van der Waals surface area contributed by atoms with Crippen LogP contribution in [0, 0.1) is 18.8 Å². The molecule has 1 fully saturated rings. The topological polar surface area (TPSA) is 55.4 Å². The van der Waals surface area contributed by atoms with E-state index < -0.39 is 5.97 Å². The second kappa shape index (κ2) is 7.43. The van der Waals surface area contributed by atoms with Crippen LogP contribution in [0.2, 0.25) is 0 Å². The lowest BCUT2D eigenvalue weighted by Gasteiger charge is -2.34. The van der Waals surface area contributed by atoms with Crippen LogP contribution in [0.3, 0.4) is 0 Å². The van der Waals surface area contributed by atoms with Crippen molar-refractivity contribution in [1.29, 1.82) is 0 Å². The van der Waals surface area contributed by atoms with E-state index >= 15 is 0 Å². The summed E-state index contributed by atoms with van der Waals surface area (Å²) in [5.41, 5.74) is 1.47. The summed E-state index contributed by atoms with van der Waals surface area (Å²) in [5.74, 6) is 0.412. The highest BCUT2D eigenvalue weighted by atomic mass is 16.5. The van der Waals surface area contributed by atoms with E-state index in [0.717, 1.165) is 18.4 Å². The quantitative estimate of drug-likeness (QED) is 0.870. The molecule has 120 valence electrons. The Balaban J connectivity index is 1.81. The zero-order valence-electron chi connectivity index (χ0n) is 13.6. The average Bonchev–Trinajstić information content (AvgIpc) is 2.49. The normalized spacial score (nSPS) is 24.6. The van der Waals surface area contributed by atoms with Crippen LogP contribution < -0.4 is 5.32 Å². The lowest BCUT2D eigenvalue weighted by Crippen LogP contribution is -2.45. The first kappa shape index (κ1) is 16.5. The van der Waals surface area contributed by atoms with Gasteiger partial charge in [0.25, 0.3) is 5.91 Å². The lowest BCUT2D eigenvalue weighted by molar-refractivity contribution is -0.125. The minimum Gasteiger partial charge on any atom is -0.452 e. The molecule has 1 aromatic carbocycles. The van der Waals surface area contributed by atoms with Gasteiger partial charge in [0.15, 0.2) is 6.61 Å². The summed E-state index contributed by atoms with van der Waals surface area (Å²) in [5, 5.41) is 3.00. The largest absolute Gasteiger partial charge is 0.452 e. The summed E-state index contributed by atoms with van der Waals surface area (Å²) in [6.07, 6.45) is 3.36. The highest BCUT2D eigenvalue weighted by Gasteiger charge is 2.28. The minimum absolute atomic E-state index is 0.189. The van der Waals surface area contributed by atoms with E-state index in [1.54, 1.807) is 18.2 Å². The highest BCUT2D eigenvalue weighted by molar-refractivity contribution is 5.91. The third kappa shape index (κ3) is 4.33. The van der Waals surface area contributed by atoms with Crippen LogP contribution in [0.25, 0.3) is 0 Å². The van der Waals surface area contributed by atoms with Crippen LogP contribution in [-0.4, -0.2) is 24.5 Å². The fourth-order valence-corrected chi connectivity index (χ4v) is 3.02. The molecular weight excluding hydrogens is 278 g/mol.